The van der Waals surface area contributed by atoms with Crippen LogP contribution in [0.4, 0.5) is 11.4 Å². The molecule has 0 atom stereocenters. The van der Waals surface area contributed by atoms with Crippen molar-refractivity contribution in [1.29, 1.82) is 0 Å². The number of esters is 1. The minimum Gasteiger partial charge on any atom is -0.508 e. The van der Waals surface area contributed by atoms with Crippen LogP contribution >= 0.6 is 11.8 Å². The molecule has 8 heteroatoms. The van der Waals surface area contributed by atoms with Crippen molar-refractivity contribution in [3.8, 4) is 5.75 Å². The molecular weight excluding hydrogens is 476 g/mol. The van der Waals surface area contributed by atoms with Gasteiger partial charge in [-0.2, -0.15) is 0 Å². The van der Waals surface area contributed by atoms with Crippen LogP contribution in [0.1, 0.15) is 35.7 Å². The minimum absolute atomic E-state index is 0.0903. The predicted octanol–water partition coefficient (Wildman–Crippen LogP) is 5.65. The average Bonchev–Trinajstić information content (AvgIpc) is 3.10. The van der Waals surface area contributed by atoms with Crippen LogP contribution in [0.3, 0.4) is 0 Å². The van der Waals surface area contributed by atoms with Gasteiger partial charge in [-0.05, 0) is 74.0 Å². The molecule has 36 heavy (non-hydrogen) atoms. The van der Waals surface area contributed by atoms with Gasteiger partial charge >= 0.3 is 5.97 Å². The summed E-state index contributed by atoms with van der Waals surface area (Å²) in [4.78, 5) is 41.3. The molecule has 3 aromatic rings. The van der Waals surface area contributed by atoms with Gasteiger partial charge in [0.1, 0.15) is 16.4 Å². The Kier molecular flexibility index (Phi) is 7.75. The second-order valence-corrected chi connectivity index (χ2v) is 9.36. The number of imide groups is 1. The Morgan fingerprint density at radius 3 is 2.25 bits per heavy atom. The van der Waals surface area contributed by atoms with Gasteiger partial charge in [0, 0.05) is 10.6 Å². The van der Waals surface area contributed by atoms with Crippen LogP contribution in [-0.2, 0) is 14.3 Å². The molecule has 184 valence electrons. The number of phenols is 1. The molecule has 0 fully saturated rings. The maximum atomic E-state index is 13.5. The molecule has 1 heterocycles. The molecule has 0 aromatic heterocycles. The van der Waals surface area contributed by atoms with E-state index >= 15 is 0 Å². The fourth-order valence-electron chi connectivity index (χ4n) is 3.50. The number of amides is 2. The number of hydrogen-bond donors (Lipinski definition) is 2. The monoisotopic (exact) mass is 502 g/mol. The zero-order valence-electron chi connectivity index (χ0n) is 20.0. The number of rotatable bonds is 9. The van der Waals surface area contributed by atoms with E-state index in [1.807, 2.05) is 38.1 Å². The van der Waals surface area contributed by atoms with Crippen molar-refractivity contribution < 1.29 is 24.2 Å². The van der Waals surface area contributed by atoms with Gasteiger partial charge in [-0.25, -0.2) is 9.69 Å². The SMILES string of the molecule is CCCCOC(=O)c1ccc(N2C(=O)C(Nc3ccc(O)cc3)=C(Sc3ccc(C)cc3)C2=O)cc1. The minimum atomic E-state index is -0.513. The summed E-state index contributed by atoms with van der Waals surface area (Å²) in [6.45, 7) is 4.33. The van der Waals surface area contributed by atoms with Crippen LogP contribution < -0.4 is 10.2 Å². The van der Waals surface area contributed by atoms with Crippen LogP contribution in [0.15, 0.2) is 88.3 Å². The molecule has 1 aliphatic rings. The lowest BCUT2D eigenvalue weighted by Gasteiger charge is -2.16. The number of hydrogen-bond acceptors (Lipinski definition) is 7. The lowest BCUT2D eigenvalue weighted by Crippen LogP contribution is -2.32. The molecular formula is C28H26N2O5S. The number of unbranched alkanes of at least 4 members (excludes halogenated alkanes) is 1. The second-order valence-electron chi connectivity index (χ2n) is 8.27. The summed E-state index contributed by atoms with van der Waals surface area (Å²) in [7, 11) is 0. The zero-order valence-corrected chi connectivity index (χ0v) is 20.8. The standard InChI is InChI=1S/C28H26N2O5S/c1-3-4-17-35-28(34)19-7-11-21(12-8-19)30-26(32)24(29-20-9-13-22(31)14-10-20)25(27(30)33)36-23-15-5-18(2)6-16-23/h5-16,29,31H,3-4,17H2,1-2H3. The summed E-state index contributed by atoms with van der Waals surface area (Å²) in [5, 5.41) is 12.6. The highest BCUT2D eigenvalue weighted by Gasteiger charge is 2.40. The summed E-state index contributed by atoms with van der Waals surface area (Å²) in [5.41, 5.74) is 2.47. The van der Waals surface area contributed by atoms with Crippen molar-refractivity contribution in [3.63, 3.8) is 0 Å². The lowest BCUT2D eigenvalue weighted by atomic mass is 10.2. The van der Waals surface area contributed by atoms with Crippen LogP contribution in [0.5, 0.6) is 5.75 Å². The van der Waals surface area contributed by atoms with Crippen LogP contribution in [0.25, 0.3) is 0 Å². The normalized spacial score (nSPS) is 13.3. The van der Waals surface area contributed by atoms with Crippen molar-refractivity contribution in [2.75, 3.05) is 16.8 Å². The lowest BCUT2D eigenvalue weighted by molar-refractivity contribution is -0.120. The van der Waals surface area contributed by atoms with E-state index in [9.17, 15) is 19.5 Å². The zero-order chi connectivity index (χ0) is 25.7. The van der Waals surface area contributed by atoms with E-state index in [-0.39, 0.29) is 16.4 Å². The number of benzene rings is 3. The molecule has 0 saturated heterocycles. The highest BCUT2D eigenvalue weighted by Crippen LogP contribution is 2.38. The van der Waals surface area contributed by atoms with E-state index in [2.05, 4.69) is 5.32 Å². The molecule has 7 nitrogen and oxygen atoms in total. The van der Waals surface area contributed by atoms with Gasteiger partial charge in [-0.3, -0.25) is 9.59 Å². The topological polar surface area (TPSA) is 95.9 Å². The molecule has 0 unspecified atom stereocenters. The fraction of sp³-hybridized carbons (Fsp3) is 0.179. The smallest absolute Gasteiger partial charge is 0.338 e. The summed E-state index contributed by atoms with van der Waals surface area (Å²) in [6, 6.07) is 20.1. The number of aromatic hydroxyl groups is 1. The molecule has 0 aliphatic carbocycles. The number of carbonyl (C=O) groups excluding carboxylic acids is 3. The highest BCUT2D eigenvalue weighted by atomic mass is 32.2. The van der Waals surface area contributed by atoms with Crippen molar-refractivity contribution in [2.24, 2.45) is 0 Å². The summed E-state index contributed by atoms with van der Waals surface area (Å²) < 4.78 is 5.23. The molecule has 4 rings (SSSR count). The van der Waals surface area contributed by atoms with Gasteiger partial charge < -0.3 is 15.2 Å². The molecule has 2 amide bonds. The van der Waals surface area contributed by atoms with Gasteiger partial charge in [0.25, 0.3) is 11.8 Å². The number of aryl methyl sites for hydroxylation is 1. The third kappa shape index (κ3) is 5.60. The molecule has 0 radical (unpaired) electrons. The number of ether oxygens (including phenoxy) is 1. The third-order valence-electron chi connectivity index (χ3n) is 5.51. The van der Waals surface area contributed by atoms with Crippen LogP contribution in [-0.4, -0.2) is 29.5 Å². The molecule has 2 N–H and O–H groups in total. The van der Waals surface area contributed by atoms with Gasteiger partial charge in [-0.15, -0.1) is 0 Å². The van der Waals surface area contributed by atoms with E-state index in [1.165, 1.54) is 23.9 Å². The van der Waals surface area contributed by atoms with Crippen LogP contribution in [0.2, 0.25) is 0 Å². The second kappa shape index (κ2) is 11.1. The van der Waals surface area contributed by atoms with Crippen molar-refractivity contribution in [2.45, 2.75) is 31.6 Å². The highest BCUT2D eigenvalue weighted by molar-refractivity contribution is 8.04. The number of carbonyl (C=O) groups is 3. The maximum Gasteiger partial charge on any atom is 0.338 e. The molecule has 0 bridgehead atoms. The number of phenolic OH excluding ortho intramolecular Hbond substituents is 1. The first-order valence-electron chi connectivity index (χ1n) is 11.6. The largest absolute Gasteiger partial charge is 0.508 e. The molecule has 3 aromatic carbocycles. The third-order valence-corrected chi connectivity index (χ3v) is 6.60. The van der Waals surface area contributed by atoms with Gasteiger partial charge in [0.15, 0.2) is 0 Å². The molecule has 1 aliphatic heterocycles. The quantitative estimate of drug-likeness (QED) is 0.169. The van der Waals surface area contributed by atoms with Crippen molar-refractivity contribution >= 4 is 40.9 Å². The first-order chi connectivity index (χ1) is 17.4. The predicted molar refractivity (Wildman–Crippen MR) is 140 cm³/mol. The van der Waals surface area contributed by atoms with E-state index in [0.717, 1.165) is 28.2 Å². The fourth-order valence-corrected chi connectivity index (χ4v) is 4.43. The van der Waals surface area contributed by atoms with Crippen LogP contribution in [0, 0.1) is 6.92 Å². The summed E-state index contributed by atoms with van der Waals surface area (Å²) in [5.74, 6) is -1.34. The Labute approximate surface area is 213 Å². The first kappa shape index (κ1) is 25.1. The molecule has 0 spiro atoms. The molecule has 0 saturated carbocycles. The van der Waals surface area contributed by atoms with Gasteiger partial charge in [-0.1, -0.05) is 42.8 Å². The van der Waals surface area contributed by atoms with Crippen molar-refractivity contribution in [1.82, 2.24) is 0 Å². The van der Waals surface area contributed by atoms with Gasteiger partial charge in [0.05, 0.1) is 17.9 Å². The van der Waals surface area contributed by atoms with E-state index in [0.29, 0.717) is 23.5 Å². The average molecular weight is 503 g/mol. The Bertz CT molecular complexity index is 1230. The number of thioether (sulfide) groups is 1. The van der Waals surface area contributed by atoms with Crippen molar-refractivity contribution in [3.05, 3.63) is 94.5 Å². The van der Waals surface area contributed by atoms with Gasteiger partial charge in [0.2, 0.25) is 0 Å². The summed E-state index contributed by atoms with van der Waals surface area (Å²) >= 11 is 1.20. The summed E-state index contributed by atoms with van der Waals surface area (Å²) in [6.07, 6.45) is 1.70. The number of nitrogens with zero attached hydrogens (tertiary/aromatic N) is 1. The Morgan fingerprint density at radius 2 is 1.61 bits per heavy atom. The Balaban J connectivity index is 1.62. The van der Waals surface area contributed by atoms with E-state index in [4.69, 9.17) is 4.74 Å². The maximum absolute atomic E-state index is 13.5. The Morgan fingerprint density at radius 1 is 0.944 bits per heavy atom. The Hall–Kier alpha value is -4.04. The number of anilines is 2. The van der Waals surface area contributed by atoms with E-state index in [1.54, 1.807) is 36.4 Å². The first-order valence-corrected chi connectivity index (χ1v) is 12.4. The van der Waals surface area contributed by atoms with E-state index < -0.39 is 17.8 Å². The number of nitrogens with one attached hydrogen (secondary N) is 1.